The van der Waals surface area contributed by atoms with Gasteiger partial charge in [-0.05, 0) is 38.3 Å². The van der Waals surface area contributed by atoms with E-state index in [1.54, 1.807) is 6.07 Å². The molecule has 0 spiro atoms. The SMILES string of the molecule is CC(=NNC(=O)c1cccs1)c1cc(C)oc1C. The van der Waals surface area contributed by atoms with Gasteiger partial charge in [0.15, 0.2) is 0 Å². The second-order valence-electron chi connectivity index (χ2n) is 3.94. The molecule has 18 heavy (non-hydrogen) atoms. The minimum Gasteiger partial charge on any atom is -0.466 e. The number of thiophene rings is 1. The van der Waals surface area contributed by atoms with Crippen molar-refractivity contribution >= 4 is 23.0 Å². The Morgan fingerprint density at radius 2 is 2.22 bits per heavy atom. The van der Waals surface area contributed by atoms with E-state index < -0.39 is 0 Å². The third-order valence-electron chi connectivity index (χ3n) is 2.50. The highest BCUT2D eigenvalue weighted by atomic mass is 32.1. The molecule has 0 aliphatic carbocycles. The van der Waals surface area contributed by atoms with Gasteiger partial charge >= 0.3 is 0 Å². The molecule has 0 bridgehead atoms. The summed E-state index contributed by atoms with van der Waals surface area (Å²) in [4.78, 5) is 12.3. The normalized spacial score (nSPS) is 11.6. The van der Waals surface area contributed by atoms with E-state index in [0.29, 0.717) is 4.88 Å². The standard InChI is InChI=1S/C13H14N2O2S/c1-8-7-11(10(3)17-8)9(2)14-15-13(16)12-5-4-6-18-12/h4-7H,1-3H3,(H,15,16). The smallest absolute Gasteiger partial charge is 0.281 e. The number of hydrazone groups is 1. The molecule has 0 saturated carbocycles. The molecule has 94 valence electrons. The summed E-state index contributed by atoms with van der Waals surface area (Å²) in [7, 11) is 0. The van der Waals surface area contributed by atoms with Gasteiger partial charge < -0.3 is 4.42 Å². The predicted octanol–water partition coefficient (Wildman–Crippen LogP) is 3.11. The van der Waals surface area contributed by atoms with Crippen LogP contribution >= 0.6 is 11.3 Å². The zero-order valence-electron chi connectivity index (χ0n) is 10.5. The molecule has 0 saturated heterocycles. The molecular formula is C13H14N2O2S. The monoisotopic (exact) mass is 262 g/mol. The Balaban J connectivity index is 2.10. The Morgan fingerprint density at radius 3 is 2.78 bits per heavy atom. The number of hydrogen-bond donors (Lipinski definition) is 1. The van der Waals surface area contributed by atoms with Crippen LogP contribution in [0.2, 0.25) is 0 Å². The van der Waals surface area contributed by atoms with Crippen LogP contribution in [0.25, 0.3) is 0 Å². The first-order valence-corrected chi connectivity index (χ1v) is 6.41. The van der Waals surface area contributed by atoms with Crippen molar-refractivity contribution in [2.75, 3.05) is 0 Å². The molecule has 4 nitrogen and oxygen atoms in total. The number of furan rings is 1. The zero-order chi connectivity index (χ0) is 13.1. The minimum atomic E-state index is -0.192. The van der Waals surface area contributed by atoms with Crippen molar-refractivity contribution in [3.05, 3.63) is 45.5 Å². The highest BCUT2D eigenvalue weighted by Gasteiger charge is 2.09. The quantitative estimate of drug-likeness (QED) is 0.682. The summed E-state index contributed by atoms with van der Waals surface area (Å²) in [5, 5.41) is 5.94. The molecule has 1 N–H and O–H groups in total. The second-order valence-corrected chi connectivity index (χ2v) is 4.89. The Bertz CT molecular complexity index is 582. The molecule has 2 heterocycles. The maximum absolute atomic E-state index is 11.7. The maximum atomic E-state index is 11.7. The van der Waals surface area contributed by atoms with Gasteiger partial charge in [0.05, 0.1) is 10.6 Å². The molecule has 2 rings (SSSR count). The van der Waals surface area contributed by atoms with E-state index in [0.717, 1.165) is 22.8 Å². The van der Waals surface area contributed by atoms with Gasteiger partial charge in [-0.2, -0.15) is 5.10 Å². The molecule has 0 aromatic carbocycles. The summed E-state index contributed by atoms with van der Waals surface area (Å²) in [5.74, 6) is 1.45. The molecule has 0 aliphatic rings. The number of carbonyl (C=O) groups excluding carboxylic acids is 1. The molecule has 0 radical (unpaired) electrons. The van der Waals surface area contributed by atoms with Gasteiger partial charge in [-0.1, -0.05) is 6.07 Å². The lowest BCUT2D eigenvalue weighted by atomic mass is 10.2. The molecule has 2 aromatic rings. The summed E-state index contributed by atoms with van der Waals surface area (Å²) in [6, 6.07) is 5.50. The number of amides is 1. The fourth-order valence-electron chi connectivity index (χ4n) is 1.65. The van der Waals surface area contributed by atoms with Crippen LogP contribution in [0.1, 0.15) is 33.7 Å². The zero-order valence-corrected chi connectivity index (χ0v) is 11.3. The fraction of sp³-hybridized carbons (Fsp3) is 0.231. The Hall–Kier alpha value is -1.88. The average Bonchev–Trinajstić information content (AvgIpc) is 2.95. The topological polar surface area (TPSA) is 54.6 Å². The van der Waals surface area contributed by atoms with E-state index >= 15 is 0 Å². The van der Waals surface area contributed by atoms with E-state index in [2.05, 4.69) is 10.5 Å². The van der Waals surface area contributed by atoms with Gasteiger partial charge in [-0.3, -0.25) is 4.79 Å². The Morgan fingerprint density at radius 1 is 1.44 bits per heavy atom. The number of hydrogen-bond acceptors (Lipinski definition) is 4. The lowest BCUT2D eigenvalue weighted by Crippen LogP contribution is -2.18. The highest BCUT2D eigenvalue weighted by Crippen LogP contribution is 2.14. The molecule has 2 aromatic heterocycles. The van der Waals surface area contributed by atoms with Crippen LogP contribution in [0.4, 0.5) is 0 Å². The van der Waals surface area contributed by atoms with Crippen LogP contribution < -0.4 is 5.43 Å². The van der Waals surface area contributed by atoms with Gasteiger partial charge in [-0.25, -0.2) is 5.43 Å². The number of carbonyl (C=O) groups is 1. The van der Waals surface area contributed by atoms with Crippen molar-refractivity contribution < 1.29 is 9.21 Å². The predicted molar refractivity (Wildman–Crippen MR) is 72.2 cm³/mol. The number of nitrogens with zero attached hydrogens (tertiary/aromatic N) is 1. The van der Waals surface area contributed by atoms with Gasteiger partial charge in [0.2, 0.25) is 0 Å². The third-order valence-corrected chi connectivity index (χ3v) is 3.37. The number of aryl methyl sites for hydroxylation is 2. The average molecular weight is 262 g/mol. The van der Waals surface area contributed by atoms with Crippen LogP contribution in [-0.2, 0) is 0 Å². The fourth-order valence-corrected chi connectivity index (χ4v) is 2.26. The molecule has 0 atom stereocenters. The summed E-state index contributed by atoms with van der Waals surface area (Å²) < 4.78 is 5.42. The molecule has 0 aliphatic heterocycles. The van der Waals surface area contributed by atoms with Crippen molar-refractivity contribution in [3.8, 4) is 0 Å². The van der Waals surface area contributed by atoms with Gasteiger partial charge in [0.25, 0.3) is 5.91 Å². The molecule has 5 heteroatoms. The van der Waals surface area contributed by atoms with Crippen molar-refractivity contribution in [3.63, 3.8) is 0 Å². The van der Waals surface area contributed by atoms with Crippen LogP contribution in [0, 0.1) is 13.8 Å². The van der Waals surface area contributed by atoms with E-state index in [-0.39, 0.29) is 5.91 Å². The van der Waals surface area contributed by atoms with E-state index in [1.165, 1.54) is 11.3 Å². The minimum absolute atomic E-state index is 0.192. The van der Waals surface area contributed by atoms with Crippen molar-refractivity contribution in [2.24, 2.45) is 5.10 Å². The molecule has 0 unspecified atom stereocenters. The van der Waals surface area contributed by atoms with Crippen LogP contribution in [0.15, 0.2) is 33.1 Å². The lowest BCUT2D eigenvalue weighted by Gasteiger charge is -2.00. The summed E-state index contributed by atoms with van der Waals surface area (Å²) in [6.45, 7) is 5.60. The maximum Gasteiger partial charge on any atom is 0.281 e. The highest BCUT2D eigenvalue weighted by molar-refractivity contribution is 7.12. The largest absolute Gasteiger partial charge is 0.466 e. The van der Waals surface area contributed by atoms with Crippen molar-refractivity contribution in [1.82, 2.24) is 5.43 Å². The summed E-state index contributed by atoms with van der Waals surface area (Å²) in [5.41, 5.74) is 4.18. The molecular weight excluding hydrogens is 248 g/mol. The van der Waals surface area contributed by atoms with Crippen LogP contribution in [0.5, 0.6) is 0 Å². The Kier molecular flexibility index (Phi) is 3.62. The molecule has 1 amide bonds. The third kappa shape index (κ3) is 2.68. The van der Waals surface area contributed by atoms with E-state index in [9.17, 15) is 4.79 Å². The van der Waals surface area contributed by atoms with Crippen molar-refractivity contribution in [2.45, 2.75) is 20.8 Å². The first-order valence-electron chi connectivity index (χ1n) is 5.53. The first kappa shape index (κ1) is 12.6. The van der Waals surface area contributed by atoms with Crippen LogP contribution in [0.3, 0.4) is 0 Å². The van der Waals surface area contributed by atoms with Gasteiger partial charge in [0.1, 0.15) is 11.5 Å². The van der Waals surface area contributed by atoms with Crippen LogP contribution in [-0.4, -0.2) is 11.6 Å². The second kappa shape index (κ2) is 5.18. The summed E-state index contributed by atoms with van der Waals surface area (Å²) in [6.07, 6.45) is 0. The van der Waals surface area contributed by atoms with Crippen molar-refractivity contribution in [1.29, 1.82) is 0 Å². The lowest BCUT2D eigenvalue weighted by molar-refractivity contribution is 0.0959. The first-order chi connectivity index (χ1) is 8.58. The van der Waals surface area contributed by atoms with Gasteiger partial charge in [-0.15, -0.1) is 11.3 Å². The van der Waals surface area contributed by atoms with Gasteiger partial charge in [0, 0.05) is 5.56 Å². The van der Waals surface area contributed by atoms with E-state index in [4.69, 9.17) is 4.42 Å². The molecule has 0 fully saturated rings. The van der Waals surface area contributed by atoms with E-state index in [1.807, 2.05) is 38.3 Å². The number of nitrogens with one attached hydrogen (secondary N) is 1. The Labute approximate surface area is 109 Å². The summed E-state index contributed by atoms with van der Waals surface area (Å²) >= 11 is 1.39. The number of rotatable bonds is 3.